The van der Waals surface area contributed by atoms with Crippen molar-refractivity contribution in [3.8, 4) is 62.5 Å². The molecule has 0 amide bonds. The molecule has 0 radical (unpaired) electrons. The van der Waals surface area contributed by atoms with Crippen molar-refractivity contribution in [1.82, 2.24) is 0 Å². The van der Waals surface area contributed by atoms with Crippen LogP contribution in [-0.4, -0.2) is 76.0 Å². The van der Waals surface area contributed by atoms with Crippen molar-refractivity contribution < 1.29 is 57.3 Å². The molecule has 10 rings (SSSR count). The first-order valence-corrected chi connectivity index (χ1v) is 34.1. The molecule has 10 aromatic carbocycles. The molecular formula is C84H90N6O12. The minimum Gasteiger partial charge on any atom is -0.497 e. The Labute approximate surface area is 598 Å². The van der Waals surface area contributed by atoms with E-state index in [2.05, 4.69) is 58.4 Å². The zero-order chi connectivity index (χ0) is 72.3. The fourth-order valence-electron chi connectivity index (χ4n) is 9.17. The fraction of sp³-hybridized carbons (Fsp3) is 0.262. The van der Waals surface area contributed by atoms with E-state index in [1.807, 2.05) is 198 Å². The van der Waals surface area contributed by atoms with Gasteiger partial charge in [-0.15, -0.1) is 0 Å². The molecule has 18 nitrogen and oxygen atoms in total. The number of esters is 2. The van der Waals surface area contributed by atoms with Crippen molar-refractivity contribution in [1.29, 1.82) is 0 Å². The van der Waals surface area contributed by atoms with E-state index in [-0.39, 0.29) is 18.8 Å². The van der Waals surface area contributed by atoms with E-state index < -0.39 is 11.9 Å². The van der Waals surface area contributed by atoms with Crippen LogP contribution in [0.4, 0.5) is 34.1 Å². The SMILES string of the molecule is CC(C)CCOc1ccc(N=Nc2ccc(N=Nc3ccc(N=Nc4ccc(OCCC(C)C)cc4)cc3)cc2)cc1.CC(C)OCCOc1ccc(C(=O)Oc2ccc(-c3ccc(CO)cc3)cc2)cc1.COc1ccc(-c2ccc(OC(=O)c3ccc(OCCOC(C)C)cc3)cc2)cc1. The highest BCUT2D eigenvalue weighted by atomic mass is 16.5. The van der Waals surface area contributed by atoms with E-state index in [1.54, 1.807) is 79.9 Å². The molecule has 0 bridgehead atoms. The van der Waals surface area contributed by atoms with Crippen LogP contribution in [0.3, 0.4) is 0 Å². The van der Waals surface area contributed by atoms with Crippen molar-refractivity contribution in [2.75, 3.05) is 46.8 Å². The van der Waals surface area contributed by atoms with Gasteiger partial charge in [0.15, 0.2) is 0 Å². The van der Waals surface area contributed by atoms with Gasteiger partial charge in [-0.05, 0) is 262 Å². The van der Waals surface area contributed by atoms with Crippen LogP contribution in [0.15, 0.2) is 273 Å². The zero-order valence-electron chi connectivity index (χ0n) is 59.4. The minimum absolute atomic E-state index is 0.0226. The molecule has 0 aliphatic rings. The molecule has 10 aromatic rings. The minimum atomic E-state index is -0.426. The number of hydrogen-bond donors (Lipinski definition) is 1. The van der Waals surface area contributed by atoms with Gasteiger partial charge in [-0.3, -0.25) is 0 Å². The van der Waals surface area contributed by atoms with Crippen LogP contribution in [0.25, 0.3) is 22.3 Å². The predicted molar refractivity (Wildman–Crippen MR) is 400 cm³/mol. The molecule has 0 aromatic heterocycles. The maximum Gasteiger partial charge on any atom is 0.343 e. The number of carbonyl (C=O) groups excluding carboxylic acids is 2. The molecule has 0 heterocycles. The van der Waals surface area contributed by atoms with E-state index in [9.17, 15) is 9.59 Å². The van der Waals surface area contributed by atoms with Gasteiger partial charge in [-0.25, -0.2) is 9.59 Å². The normalized spacial score (nSPS) is 11.2. The number of hydrogen-bond acceptors (Lipinski definition) is 18. The van der Waals surface area contributed by atoms with Crippen molar-refractivity contribution in [3.63, 3.8) is 0 Å². The molecule has 0 aliphatic carbocycles. The Balaban J connectivity index is 0.000000198. The Morgan fingerprint density at radius 3 is 0.814 bits per heavy atom. The summed E-state index contributed by atoms with van der Waals surface area (Å²) in [6, 6.07) is 74.0. The third-order valence-electron chi connectivity index (χ3n) is 15.0. The number of aliphatic hydroxyl groups excluding tert-OH is 1. The van der Waals surface area contributed by atoms with Crippen LogP contribution >= 0.6 is 0 Å². The van der Waals surface area contributed by atoms with Gasteiger partial charge in [0.05, 0.1) is 97.6 Å². The molecule has 18 heteroatoms. The number of carbonyl (C=O) groups is 2. The maximum absolute atomic E-state index is 12.4. The van der Waals surface area contributed by atoms with Gasteiger partial charge in [0, 0.05) is 0 Å². The Morgan fingerprint density at radius 2 is 0.549 bits per heavy atom. The Hall–Kier alpha value is -11.2. The summed E-state index contributed by atoms with van der Waals surface area (Å²) in [6.45, 7) is 20.0. The van der Waals surface area contributed by atoms with Crippen LogP contribution in [0, 0.1) is 11.8 Å². The Bertz CT molecular complexity index is 3900. The quantitative estimate of drug-likeness (QED) is 0.0181. The first-order valence-electron chi connectivity index (χ1n) is 34.1. The van der Waals surface area contributed by atoms with Gasteiger partial charge in [0.1, 0.15) is 53.5 Å². The smallest absolute Gasteiger partial charge is 0.343 e. The largest absolute Gasteiger partial charge is 0.497 e. The molecule has 0 saturated heterocycles. The molecule has 0 fully saturated rings. The van der Waals surface area contributed by atoms with Crippen molar-refractivity contribution in [2.24, 2.45) is 42.5 Å². The number of ether oxygens (including phenoxy) is 9. The van der Waals surface area contributed by atoms with E-state index >= 15 is 0 Å². The van der Waals surface area contributed by atoms with Crippen LogP contribution < -0.4 is 33.2 Å². The van der Waals surface area contributed by atoms with Gasteiger partial charge in [0.2, 0.25) is 0 Å². The van der Waals surface area contributed by atoms with Gasteiger partial charge in [-0.2, -0.15) is 30.7 Å². The van der Waals surface area contributed by atoms with Crippen LogP contribution in [-0.2, 0) is 16.1 Å². The van der Waals surface area contributed by atoms with Gasteiger partial charge in [0.25, 0.3) is 0 Å². The second-order valence-electron chi connectivity index (χ2n) is 24.7. The summed E-state index contributed by atoms with van der Waals surface area (Å²) in [4.78, 5) is 24.8. The molecule has 0 saturated carbocycles. The van der Waals surface area contributed by atoms with Crippen molar-refractivity contribution in [3.05, 3.63) is 259 Å². The van der Waals surface area contributed by atoms with Crippen LogP contribution in [0.1, 0.15) is 94.5 Å². The summed E-state index contributed by atoms with van der Waals surface area (Å²) in [5.41, 5.74) is 10.3. The topological polar surface area (TPSA) is 212 Å². The highest BCUT2D eigenvalue weighted by Gasteiger charge is 2.13. The van der Waals surface area contributed by atoms with E-state index in [4.69, 9.17) is 47.7 Å². The fourth-order valence-corrected chi connectivity index (χ4v) is 9.17. The summed E-state index contributed by atoms with van der Waals surface area (Å²) >= 11 is 0. The monoisotopic (exact) mass is 1370 g/mol. The first kappa shape index (κ1) is 76.6. The highest BCUT2D eigenvalue weighted by Crippen LogP contribution is 2.30. The molecule has 0 spiro atoms. The first-order chi connectivity index (χ1) is 49.5. The molecule has 0 atom stereocenters. The molecule has 528 valence electrons. The maximum atomic E-state index is 12.4. The average molecular weight is 1380 g/mol. The van der Waals surface area contributed by atoms with E-state index in [0.29, 0.717) is 85.6 Å². The molecule has 0 unspecified atom stereocenters. The van der Waals surface area contributed by atoms with E-state index in [0.717, 1.165) is 92.0 Å². The van der Waals surface area contributed by atoms with Crippen molar-refractivity contribution >= 4 is 46.1 Å². The van der Waals surface area contributed by atoms with Gasteiger partial charge >= 0.3 is 11.9 Å². The number of rotatable bonds is 32. The van der Waals surface area contributed by atoms with E-state index in [1.165, 1.54) is 0 Å². The summed E-state index contributed by atoms with van der Waals surface area (Å²) < 4.78 is 49.7. The second-order valence-corrected chi connectivity index (χ2v) is 24.7. The number of azo groups is 3. The molecule has 102 heavy (non-hydrogen) atoms. The number of methoxy groups -OCH3 is 1. The Kier molecular flexibility index (Phi) is 31.1. The van der Waals surface area contributed by atoms with Crippen molar-refractivity contribution in [2.45, 2.75) is 87.0 Å². The lowest BCUT2D eigenvalue weighted by Gasteiger charge is -2.10. The summed E-state index contributed by atoms with van der Waals surface area (Å²) in [7, 11) is 1.64. The lowest BCUT2D eigenvalue weighted by molar-refractivity contribution is 0.0551. The average Bonchev–Trinajstić information content (AvgIpc) is 0.858. The molecular weight excluding hydrogens is 1280 g/mol. The highest BCUT2D eigenvalue weighted by molar-refractivity contribution is 5.92. The van der Waals surface area contributed by atoms with Crippen LogP contribution in [0.2, 0.25) is 0 Å². The summed E-state index contributed by atoms with van der Waals surface area (Å²) in [6.07, 6.45) is 2.41. The third-order valence-corrected chi connectivity index (χ3v) is 15.0. The lowest BCUT2D eigenvalue weighted by atomic mass is 10.0. The predicted octanol–water partition coefficient (Wildman–Crippen LogP) is 22.0. The Morgan fingerprint density at radius 1 is 0.304 bits per heavy atom. The molecule has 0 aliphatic heterocycles. The summed E-state index contributed by atoms with van der Waals surface area (Å²) in [5, 5.41) is 35.0. The number of benzene rings is 10. The second kappa shape index (κ2) is 41.4. The molecule has 1 N–H and O–H groups in total. The third kappa shape index (κ3) is 27.5. The standard InChI is InChI=1S/C34H38N6O2.2C25H26O5/c1-25(2)21-23-41-33-17-13-31(14-18-33)39-37-29-9-5-27(6-10-29)35-36-28-7-11-30(12-8-28)38-40-32-15-19-34(20-16-32)42-24-22-26(3)4;1-18(2)28-16-17-29-23-12-8-21(9-13-23)25(26)30-24-14-6-20(7-15-24)19-4-10-22(27-3)11-5-19;1-18(2)28-15-16-29-23-11-9-22(10-12-23)25(27)30-24-13-7-21(8-14-24)20-5-3-19(17-26)4-6-20/h5-20,25-26H,21-24H2,1-4H3;4-15,18H,16-17H2,1-3H3;3-14,18,26H,15-17H2,1-2H3. The summed E-state index contributed by atoms with van der Waals surface area (Å²) in [5.74, 6) is 5.22. The lowest BCUT2D eigenvalue weighted by Crippen LogP contribution is -2.11. The van der Waals surface area contributed by atoms with Crippen LogP contribution in [0.5, 0.6) is 40.2 Å². The number of nitrogens with zero attached hydrogens (tertiary/aromatic N) is 6. The van der Waals surface area contributed by atoms with Gasteiger partial charge < -0.3 is 47.7 Å². The van der Waals surface area contributed by atoms with Gasteiger partial charge in [-0.1, -0.05) is 88.4 Å². The zero-order valence-corrected chi connectivity index (χ0v) is 59.4. The number of aliphatic hydroxyl groups is 1.